The molecule has 2 bridgehead atoms. The molecule has 2 aliphatic rings. The van der Waals surface area contributed by atoms with Crippen molar-refractivity contribution in [3.05, 3.63) is 28.8 Å². The number of piperidine rings is 1. The summed E-state index contributed by atoms with van der Waals surface area (Å²) in [5.41, 5.74) is 11.4. The van der Waals surface area contributed by atoms with Crippen molar-refractivity contribution in [1.82, 2.24) is 31.1 Å². The highest BCUT2D eigenvalue weighted by molar-refractivity contribution is 7.80. The number of benzene rings is 1. The lowest BCUT2D eigenvalue weighted by atomic mass is 9.91. The number of likely N-dealkylation sites (N-methyl/N-ethyl adjacent to an activating group) is 1. The number of carbonyl (C=O) groups is 7. The molecule has 370 valence electrons. The van der Waals surface area contributed by atoms with E-state index in [1.807, 2.05) is 0 Å². The number of amides is 6. The molecule has 2 heterocycles. The van der Waals surface area contributed by atoms with E-state index in [0.29, 0.717) is 17.7 Å². The standard InChI is InChI=1S/C40H62ClN9O15S/c1-8-20(4)32-38(58)49(6)26(17-22-11-13-28(63-7)23(41)16-22)34(54)47-30(19(2)3)39(59)65-21(5)31(48-35(55)27(51)18-64-66(60,61)62)36(56)45-24(10-9-15-44-40(42)43)33(53)46-25-12-14-29(52)50(32)37(25)57/h11,13,16,19-21,24-27,29-32,51-52H,8-10,12,14-15,17-18H2,1-7H3,(H,45,56)(H,46,53)(H,47,54)(H,48,55)(H4,42,43,44)(H,60,61,62)/t20-,21+,24-,25-,26-,27+,29+,30-,31?,32-/m0/s1. The van der Waals surface area contributed by atoms with E-state index in [4.69, 9.17) is 37.1 Å². The van der Waals surface area contributed by atoms with Crippen molar-refractivity contribution >= 4 is 69.4 Å². The molecule has 66 heavy (non-hydrogen) atoms. The van der Waals surface area contributed by atoms with E-state index >= 15 is 0 Å². The summed E-state index contributed by atoms with van der Waals surface area (Å²) in [6.45, 7) is 6.38. The molecule has 0 radical (unpaired) electrons. The highest BCUT2D eigenvalue weighted by atomic mass is 35.5. The number of guanidine groups is 1. The van der Waals surface area contributed by atoms with Gasteiger partial charge in [0.05, 0.1) is 12.1 Å². The van der Waals surface area contributed by atoms with Crippen LogP contribution < -0.4 is 37.5 Å². The van der Waals surface area contributed by atoms with Crippen LogP contribution in [0.25, 0.3) is 0 Å². The maximum absolute atomic E-state index is 14.9. The van der Waals surface area contributed by atoms with Crippen LogP contribution in [-0.2, 0) is 59.3 Å². The molecule has 2 saturated heterocycles. The molecular weight excluding hydrogens is 914 g/mol. The summed E-state index contributed by atoms with van der Waals surface area (Å²) >= 11 is 6.44. The van der Waals surface area contributed by atoms with Gasteiger partial charge in [-0.2, -0.15) is 8.42 Å². The van der Waals surface area contributed by atoms with Crippen LogP contribution in [0.1, 0.15) is 72.3 Å². The first-order valence-electron chi connectivity index (χ1n) is 21.2. The molecule has 10 atom stereocenters. The summed E-state index contributed by atoms with van der Waals surface area (Å²) in [7, 11) is -2.40. The number of methoxy groups -OCH3 is 1. The number of ether oxygens (including phenoxy) is 2. The number of rotatable bonds is 15. The summed E-state index contributed by atoms with van der Waals surface area (Å²) in [5, 5.41) is 31.8. The van der Waals surface area contributed by atoms with Gasteiger partial charge in [0.15, 0.2) is 12.1 Å². The number of fused-ring (bicyclic) bond motifs is 2. The Hall–Kier alpha value is -5.34. The fraction of sp³-hybridized carbons (Fsp3) is 0.650. The van der Waals surface area contributed by atoms with Crippen molar-refractivity contribution in [3.63, 3.8) is 0 Å². The minimum absolute atomic E-state index is 0.0283. The van der Waals surface area contributed by atoms with Crippen LogP contribution in [-0.4, -0.2) is 162 Å². The number of aliphatic hydroxyl groups excluding tert-OH is 2. The van der Waals surface area contributed by atoms with Crippen LogP contribution in [0.4, 0.5) is 0 Å². The average Bonchev–Trinajstić information content (AvgIpc) is 3.24. The topological polar surface area (TPSA) is 361 Å². The number of esters is 1. The molecule has 0 saturated carbocycles. The van der Waals surface area contributed by atoms with Gasteiger partial charge >= 0.3 is 16.4 Å². The van der Waals surface area contributed by atoms with Crippen LogP contribution in [0.3, 0.4) is 0 Å². The number of nitrogens with one attached hydrogen (secondary N) is 4. The number of nitrogens with zero attached hydrogens (tertiary/aromatic N) is 3. The highest BCUT2D eigenvalue weighted by Gasteiger charge is 2.47. The van der Waals surface area contributed by atoms with Gasteiger partial charge in [0.2, 0.25) is 29.5 Å². The third-order valence-corrected chi connectivity index (χ3v) is 12.0. The third kappa shape index (κ3) is 15.1. The number of aliphatic imine (C=N–C) groups is 1. The zero-order chi connectivity index (χ0) is 49.8. The van der Waals surface area contributed by atoms with Gasteiger partial charge in [-0.3, -0.25) is 38.3 Å². The first-order valence-corrected chi connectivity index (χ1v) is 22.9. The van der Waals surface area contributed by atoms with E-state index < -0.39 is 125 Å². The number of hydrogen-bond acceptors (Lipinski definition) is 15. The van der Waals surface area contributed by atoms with Gasteiger partial charge in [0.25, 0.3) is 5.91 Å². The monoisotopic (exact) mass is 975 g/mol. The Bertz CT molecular complexity index is 2080. The van der Waals surface area contributed by atoms with Crippen LogP contribution in [0, 0.1) is 11.8 Å². The number of aliphatic hydroxyl groups is 2. The van der Waals surface area contributed by atoms with E-state index in [2.05, 4.69) is 30.4 Å². The Morgan fingerprint density at radius 2 is 1.71 bits per heavy atom. The number of nitrogens with two attached hydrogens (primary N) is 2. The van der Waals surface area contributed by atoms with E-state index in [1.165, 1.54) is 20.2 Å². The maximum Gasteiger partial charge on any atom is 0.397 e. The van der Waals surface area contributed by atoms with E-state index in [9.17, 15) is 52.2 Å². The SMILES string of the molecule is CC[C@H](C)[C@H]1C(=O)N(C)[C@@H](Cc2ccc(OC)c(Cl)c2)C(=O)N[C@@H](C(C)C)C(=O)O[C@H](C)C(NC(=O)[C@H](O)COS(=O)(=O)O)C(=O)N[C@@H](CCCN=C(N)N)C(=O)N[C@H]2CC[C@@H](O)N1C2=O. The minimum atomic E-state index is -5.13. The predicted octanol–water partition coefficient (Wildman–Crippen LogP) is -2.15. The minimum Gasteiger partial charge on any atom is -0.495 e. The second kappa shape index (κ2) is 24.4. The van der Waals surface area contributed by atoms with E-state index in [-0.39, 0.29) is 49.6 Å². The number of hydrogen-bond donors (Lipinski definition) is 9. The molecule has 0 spiro atoms. The lowest BCUT2D eigenvalue weighted by molar-refractivity contribution is -0.168. The molecule has 2 aliphatic heterocycles. The lowest BCUT2D eigenvalue weighted by Crippen LogP contribution is -2.66. The van der Waals surface area contributed by atoms with E-state index in [1.54, 1.807) is 39.8 Å². The van der Waals surface area contributed by atoms with Gasteiger partial charge < -0.3 is 62.2 Å². The van der Waals surface area contributed by atoms with Gasteiger partial charge in [-0.15, -0.1) is 0 Å². The Morgan fingerprint density at radius 3 is 2.29 bits per heavy atom. The van der Waals surface area contributed by atoms with Crippen LogP contribution in [0.5, 0.6) is 5.75 Å². The number of carbonyl (C=O) groups excluding carboxylic acids is 7. The third-order valence-electron chi connectivity index (χ3n) is 11.2. The summed E-state index contributed by atoms with van der Waals surface area (Å²) in [6.07, 6.45) is -5.74. The first kappa shape index (κ1) is 55.0. The first-order chi connectivity index (χ1) is 30.8. The fourth-order valence-corrected chi connectivity index (χ4v) is 7.88. The van der Waals surface area contributed by atoms with Crippen molar-refractivity contribution in [2.45, 2.75) is 128 Å². The molecule has 26 heteroatoms. The second-order valence-corrected chi connectivity index (χ2v) is 17.9. The maximum atomic E-state index is 14.9. The predicted molar refractivity (Wildman–Crippen MR) is 235 cm³/mol. The zero-order valence-corrected chi connectivity index (χ0v) is 39.3. The van der Waals surface area contributed by atoms with Gasteiger partial charge in [-0.25, -0.2) is 8.98 Å². The quantitative estimate of drug-likeness (QED) is 0.0297. The van der Waals surface area contributed by atoms with Crippen molar-refractivity contribution in [2.24, 2.45) is 28.3 Å². The van der Waals surface area contributed by atoms with Gasteiger partial charge in [0.1, 0.15) is 60.9 Å². The van der Waals surface area contributed by atoms with Crippen LogP contribution >= 0.6 is 11.6 Å². The molecule has 1 aromatic carbocycles. The van der Waals surface area contributed by atoms with Gasteiger partial charge in [-0.1, -0.05) is 51.8 Å². The Balaban J connectivity index is 2.25. The molecule has 1 aromatic rings. The summed E-state index contributed by atoms with van der Waals surface area (Å²) < 4.78 is 46.3. The van der Waals surface area contributed by atoms with Crippen LogP contribution in [0.2, 0.25) is 5.02 Å². The molecule has 0 aromatic heterocycles. The summed E-state index contributed by atoms with van der Waals surface area (Å²) in [6, 6.07) is -4.46. The van der Waals surface area contributed by atoms with E-state index in [0.717, 1.165) is 16.7 Å². The molecule has 0 aliphatic carbocycles. The number of cyclic esters (lactones) is 1. The second-order valence-electron chi connectivity index (χ2n) is 16.4. The molecular formula is C40H62ClN9O15S. The smallest absolute Gasteiger partial charge is 0.397 e. The number of halogens is 1. The van der Waals surface area contributed by atoms with Crippen molar-refractivity contribution in [3.8, 4) is 5.75 Å². The highest BCUT2D eigenvalue weighted by Crippen LogP contribution is 2.29. The molecule has 11 N–H and O–H groups in total. The van der Waals surface area contributed by atoms with Crippen molar-refractivity contribution in [1.29, 1.82) is 0 Å². The Kier molecular flexibility index (Phi) is 20.4. The molecule has 2 fully saturated rings. The van der Waals surface area contributed by atoms with Crippen LogP contribution in [0.15, 0.2) is 23.2 Å². The van der Waals surface area contributed by atoms with Crippen molar-refractivity contribution < 1.29 is 70.4 Å². The molecule has 6 amide bonds. The Morgan fingerprint density at radius 1 is 1.05 bits per heavy atom. The fourth-order valence-electron chi connectivity index (χ4n) is 7.30. The zero-order valence-electron chi connectivity index (χ0n) is 37.8. The normalized spacial score (nSPS) is 26.1. The Labute approximate surface area is 387 Å². The van der Waals surface area contributed by atoms with Gasteiger partial charge in [0, 0.05) is 20.0 Å². The molecule has 1 unspecified atom stereocenters. The summed E-state index contributed by atoms with van der Waals surface area (Å²) in [4.78, 5) is 105. The van der Waals surface area contributed by atoms with Crippen molar-refractivity contribution in [2.75, 3.05) is 27.3 Å². The van der Waals surface area contributed by atoms with Gasteiger partial charge in [-0.05, 0) is 62.1 Å². The lowest BCUT2D eigenvalue weighted by Gasteiger charge is -2.44. The molecule has 24 nitrogen and oxygen atoms in total. The average molecular weight is 977 g/mol. The molecule has 3 rings (SSSR count). The summed E-state index contributed by atoms with van der Waals surface area (Å²) in [5.74, 6) is -8.49. The largest absolute Gasteiger partial charge is 0.495 e.